The van der Waals surface area contributed by atoms with Gasteiger partial charge in [-0.05, 0) is 0 Å². The summed E-state index contributed by atoms with van der Waals surface area (Å²) in [7, 11) is 0. The van der Waals surface area contributed by atoms with Gasteiger partial charge in [-0.3, -0.25) is 0 Å². The summed E-state index contributed by atoms with van der Waals surface area (Å²) < 4.78 is 0. The van der Waals surface area contributed by atoms with Gasteiger partial charge in [0.25, 0.3) is 0 Å². The zero-order chi connectivity index (χ0) is 0. The van der Waals surface area contributed by atoms with E-state index >= 15 is 0 Å². The predicted octanol–water partition coefficient (Wildman–Crippen LogP) is 3.15. The van der Waals surface area contributed by atoms with Gasteiger partial charge in [-0.15, -0.1) is 0 Å². The fourth-order valence-electron chi connectivity index (χ4n) is 0. The van der Waals surface area contributed by atoms with Crippen LogP contribution in [-0.4, -0.2) is 0 Å². The number of hydrogen-bond acceptors (Lipinski definition) is 0. The molecule has 9 heavy (non-hydrogen) atoms. The van der Waals surface area contributed by atoms with Crippen molar-refractivity contribution in [2.24, 2.45) is 0 Å². The molecule has 0 saturated carbocycles. The van der Waals surface area contributed by atoms with Crippen molar-refractivity contribution in [3.63, 3.8) is 0 Å². The fourth-order valence-corrected chi connectivity index (χ4v) is 0. The first-order valence-corrected chi connectivity index (χ1v) is 0. The molecule has 0 radical (unpaired) electrons. The Hall–Kier alpha value is 1.64. The quantitative estimate of drug-likeness (QED) is 0.601. The summed E-state index contributed by atoms with van der Waals surface area (Å²) >= 11 is 0. The van der Waals surface area contributed by atoms with Crippen LogP contribution >= 0.6 is 0 Å². The van der Waals surface area contributed by atoms with Gasteiger partial charge in [0.2, 0.25) is 0 Å². The molecule has 0 aromatic heterocycles. The van der Waals surface area contributed by atoms with E-state index in [9.17, 15) is 0 Å². The van der Waals surface area contributed by atoms with E-state index in [4.69, 9.17) is 0 Å². The van der Waals surface area contributed by atoms with Gasteiger partial charge >= 0.3 is 52.4 Å². The molecule has 0 aliphatic rings. The van der Waals surface area contributed by atoms with Crippen molar-refractivity contribution < 1.29 is 52.4 Å². The van der Waals surface area contributed by atoms with Gasteiger partial charge in [-0.25, -0.2) is 0 Å². The maximum absolute atomic E-state index is 0. The maximum atomic E-state index is 0. The van der Waals surface area contributed by atoms with Gasteiger partial charge in [0.15, 0.2) is 0 Å². The summed E-state index contributed by atoms with van der Waals surface area (Å²) in [4.78, 5) is 0. The zero-order valence-electron chi connectivity index (χ0n) is 8.00. The standard InChI is InChI=1S/7CH3.2Zr/h7*1H3;;/q6*-1;+1;+2;+4. The van der Waals surface area contributed by atoms with E-state index in [-0.39, 0.29) is 104 Å². The molecule has 0 saturated heterocycles. The first-order valence-electron chi connectivity index (χ1n) is 0. The normalized spacial score (nSPS) is 0. The Morgan fingerprint density at radius 3 is 0.444 bits per heavy atom. The number of rotatable bonds is 0. The largest absolute Gasteiger partial charge is 4.00 e. The molecule has 0 aliphatic carbocycles. The van der Waals surface area contributed by atoms with Crippen LogP contribution in [-0.2, 0) is 52.4 Å². The molecular weight excluding hydrogens is 267 g/mol. The van der Waals surface area contributed by atoms with Crippen LogP contribution in [0, 0.1) is 52.0 Å². The van der Waals surface area contributed by atoms with Gasteiger partial charge in [0.1, 0.15) is 0 Å². The summed E-state index contributed by atoms with van der Waals surface area (Å²) in [6, 6.07) is 0. The van der Waals surface area contributed by atoms with E-state index in [0.717, 1.165) is 0 Å². The van der Waals surface area contributed by atoms with Gasteiger partial charge in [0, 0.05) is 7.43 Å². The minimum absolute atomic E-state index is 0. The van der Waals surface area contributed by atoms with E-state index in [1.807, 2.05) is 0 Å². The number of hydrogen-bond donors (Lipinski definition) is 0. The molecule has 0 unspecified atom stereocenters. The molecule has 0 aromatic carbocycles. The molecule has 0 aliphatic heterocycles. The van der Waals surface area contributed by atoms with Crippen molar-refractivity contribution in [2.75, 3.05) is 0 Å². The van der Waals surface area contributed by atoms with Gasteiger partial charge < -0.3 is 44.6 Å². The summed E-state index contributed by atoms with van der Waals surface area (Å²) in [5.74, 6) is 0. The minimum atomic E-state index is 0. The molecule has 2 heteroatoms. The molecule has 0 bridgehead atoms. The van der Waals surface area contributed by atoms with Crippen LogP contribution in [0.5, 0.6) is 0 Å². The summed E-state index contributed by atoms with van der Waals surface area (Å²) in [6.45, 7) is 0. The van der Waals surface area contributed by atoms with Gasteiger partial charge in [-0.1, -0.05) is 0 Å². The average Bonchev–Trinajstić information content (AvgIpc) is 0. The predicted molar refractivity (Wildman–Crippen MR) is 44.9 cm³/mol. The van der Waals surface area contributed by atoms with Crippen LogP contribution < -0.4 is 0 Å². The van der Waals surface area contributed by atoms with Crippen molar-refractivity contribution >= 4 is 0 Å². The molecule has 0 atom stereocenters. The van der Waals surface area contributed by atoms with Crippen molar-refractivity contribution in [3.8, 4) is 0 Å². The fraction of sp³-hybridized carbons (Fsp3) is 0. The zero-order valence-corrected chi connectivity index (χ0v) is 12.9. The van der Waals surface area contributed by atoms with Crippen LogP contribution in [0.1, 0.15) is 0 Å². The molecule has 56 valence electrons. The summed E-state index contributed by atoms with van der Waals surface area (Å²) in [6.07, 6.45) is 0. The Labute approximate surface area is 103 Å². The average molecular weight is 288 g/mol. The molecule has 0 aromatic rings. The molecule has 0 fully saturated rings. The first kappa shape index (κ1) is 369. The topological polar surface area (TPSA) is 0 Å². The second-order valence-electron chi connectivity index (χ2n) is 0. The van der Waals surface area contributed by atoms with E-state index in [2.05, 4.69) is 0 Å². The van der Waals surface area contributed by atoms with Crippen LogP contribution in [0.3, 0.4) is 0 Å². The molecule has 0 nitrogen and oxygen atoms in total. The Morgan fingerprint density at radius 2 is 0.444 bits per heavy atom. The third kappa shape index (κ3) is 210. The molecule has 0 rings (SSSR count). The molecular formula is C7H21Zr2+. The van der Waals surface area contributed by atoms with Gasteiger partial charge in [0.05, 0.1) is 0 Å². The van der Waals surface area contributed by atoms with Gasteiger partial charge in [-0.2, -0.15) is 0 Å². The molecule has 0 N–H and O–H groups in total. The van der Waals surface area contributed by atoms with Crippen molar-refractivity contribution in [1.29, 1.82) is 0 Å². The molecule has 0 amide bonds. The molecule has 0 heterocycles. The minimum Gasteiger partial charge on any atom is -0.358 e. The third-order valence-electron chi connectivity index (χ3n) is 0. The maximum Gasteiger partial charge on any atom is 4.00 e. The Morgan fingerprint density at radius 1 is 0.444 bits per heavy atom. The van der Waals surface area contributed by atoms with Crippen LogP contribution in [0.4, 0.5) is 0 Å². The molecule has 0 spiro atoms. The van der Waals surface area contributed by atoms with Crippen LogP contribution in [0.15, 0.2) is 0 Å². The van der Waals surface area contributed by atoms with Crippen molar-refractivity contribution in [2.45, 2.75) is 0 Å². The van der Waals surface area contributed by atoms with Crippen LogP contribution in [0.25, 0.3) is 0 Å². The third-order valence-corrected chi connectivity index (χ3v) is 0. The van der Waals surface area contributed by atoms with Crippen LogP contribution in [0.2, 0.25) is 0 Å². The van der Waals surface area contributed by atoms with E-state index in [1.165, 1.54) is 0 Å². The first-order chi connectivity index (χ1) is 0. The Kier molecular flexibility index (Phi) is 11000. The second kappa shape index (κ2) is 268. The van der Waals surface area contributed by atoms with E-state index < -0.39 is 0 Å². The van der Waals surface area contributed by atoms with Crippen molar-refractivity contribution in [1.82, 2.24) is 0 Å². The summed E-state index contributed by atoms with van der Waals surface area (Å²) in [5.41, 5.74) is 0. The Bertz CT molecular complexity index is 6.88. The Balaban J connectivity index is 0. The monoisotopic (exact) mass is 285 g/mol. The SMILES string of the molecule is [CH3+].[CH3-].[CH3-].[CH3-].[CH3-].[CH3-].[CH3-].[Zr+2].[Zr+4]. The van der Waals surface area contributed by atoms with Crippen molar-refractivity contribution in [3.05, 3.63) is 52.0 Å². The van der Waals surface area contributed by atoms with E-state index in [1.54, 1.807) is 0 Å². The smallest absolute Gasteiger partial charge is 0.358 e. The second-order valence-corrected chi connectivity index (χ2v) is 0. The van der Waals surface area contributed by atoms with E-state index in [0.29, 0.717) is 0 Å². The summed E-state index contributed by atoms with van der Waals surface area (Å²) in [5, 5.41) is 0.